The predicted octanol–water partition coefficient (Wildman–Crippen LogP) is 1.31. The highest BCUT2D eigenvalue weighted by Gasteiger charge is 2.60. The number of benzene rings is 1. The molecule has 1 aromatic heterocycles. The van der Waals surface area contributed by atoms with E-state index in [1.165, 1.54) is 24.5 Å². The van der Waals surface area contributed by atoms with E-state index in [1.807, 2.05) is 24.3 Å². The summed E-state index contributed by atoms with van der Waals surface area (Å²) in [6.45, 7) is 10.2. The average Bonchev–Trinajstić information content (AvgIpc) is 3.40. The Balaban J connectivity index is 0.000000454. The molecule has 2 aliphatic rings. The molecule has 0 radical (unpaired) electrons. The van der Waals surface area contributed by atoms with E-state index >= 15 is 0 Å². The van der Waals surface area contributed by atoms with Crippen molar-refractivity contribution in [2.75, 3.05) is 26.2 Å². The van der Waals surface area contributed by atoms with Gasteiger partial charge in [0.05, 0.1) is 6.04 Å². The van der Waals surface area contributed by atoms with E-state index in [9.17, 15) is 27.9 Å². The topological polar surface area (TPSA) is 163 Å². The Morgan fingerprint density at radius 2 is 1.83 bits per heavy atom. The Kier molecular flexibility index (Phi) is 8.59. The molecule has 2 saturated heterocycles. The molecule has 2 aromatic rings. The van der Waals surface area contributed by atoms with E-state index in [-0.39, 0.29) is 19.4 Å². The fraction of sp³-hybridized carbons (Fsp3) is 0.522. The number of carbonyl (C=O) groups excluding carboxylic acids is 2. The number of carboxylic acid groups (broad SMARTS) is 1. The Morgan fingerprint density at radius 1 is 1.19 bits per heavy atom. The van der Waals surface area contributed by atoms with Gasteiger partial charge in [-0.2, -0.15) is 8.42 Å². The summed E-state index contributed by atoms with van der Waals surface area (Å²) in [5, 5.41) is 12.2. The molecular weight excluding hydrogens is 490 g/mol. The standard InChI is InChI=1S/C17H18N4O7S.C6H15N/c22-15(20-6-5-13-14(20)16(23)21(13)29(26,27)28)12(19-17(24)25)7-9-8-18-11-4-2-1-3-10(9)11;1-4-7(5-2)6-3/h1-4,8,12-14,18-19H,5-7H2,(H,24,25)(H,26,27,28);4-6H2,1-3H3/t12-,13+,14-;/m0./s1. The summed E-state index contributed by atoms with van der Waals surface area (Å²) in [6, 6.07) is 4.35. The van der Waals surface area contributed by atoms with E-state index in [1.54, 1.807) is 6.20 Å². The number of aromatic nitrogens is 1. The molecule has 4 N–H and O–H groups in total. The number of para-hydroxylation sites is 1. The molecule has 0 bridgehead atoms. The summed E-state index contributed by atoms with van der Waals surface area (Å²) in [7, 11) is -4.69. The molecule has 13 heteroatoms. The molecule has 2 fully saturated rings. The van der Waals surface area contributed by atoms with Crippen LogP contribution in [0.15, 0.2) is 30.5 Å². The first-order chi connectivity index (χ1) is 17.0. The van der Waals surface area contributed by atoms with Crippen molar-refractivity contribution in [1.29, 1.82) is 0 Å². The minimum Gasteiger partial charge on any atom is -0.465 e. The lowest BCUT2D eigenvalue weighted by molar-refractivity contribution is -0.152. The number of rotatable bonds is 8. The van der Waals surface area contributed by atoms with Crippen molar-refractivity contribution in [3.63, 3.8) is 0 Å². The van der Waals surface area contributed by atoms with Gasteiger partial charge in [0.1, 0.15) is 12.1 Å². The number of H-pyrrole nitrogens is 1. The van der Waals surface area contributed by atoms with Crippen LogP contribution in [0.2, 0.25) is 0 Å². The quantitative estimate of drug-likeness (QED) is 0.297. The SMILES string of the molecule is CCN(CC)CC.O=C(O)N[C@@H](Cc1c[nH]c2ccccc12)C(=O)N1CC[C@@H]2[C@H]1C(=O)N2S(=O)(=O)O. The van der Waals surface area contributed by atoms with Gasteiger partial charge in [0.2, 0.25) is 5.91 Å². The fourth-order valence-electron chi connectivity index (χ4n) is 4.80. The monoisotopic (exact) mass is 523 g/mol. The summed E-state index contributed by atoms with van der Waals surface area (Å²) in [4.78, 5) is 43.1. The van der Waals surface area contributed by atoms with Crippen LogP contribution < -0.4 is 5.32 Å². The zero-order valence-corrected chi connectivity index (χ0v) is 21.4. The smallest absolute Gasteiger partial charge is 0.405 e. The van der Waals surface area contributed by atoms with Crippen molar-refractivity contribution >= 4 is 39.1 Å². The number of likely N-dealkylation sites (tertiary alicyclic amines) is 1. The summed E-state index contributed by atoms with van der Waals surface area (Å²) < 4.78 is 32.2. The number of nitrogens with zero attached hydrogens (tertiary/aromatic N) is 3. The van der Waals surface area contributed by atoms with Crippen LogP contribution in [0, 0.1) is 0 Å². The summed E-state index contributed by atoms with van der Waals surface area (Å²) in [6.07, 6.45) is 0.530. The second-order valence-corrected chi connectivity index (χ2v) is 9.92. The molecule has 0 aliphatic carbocycles. The number of amides is 3. The van der Waals surface area contributed by atoms with Crippen molar-refractivity contribution in [2.24, 2.45) is 0 Å². The minimum atomic E-state index is -4.69. The molecule has 36 heavy (non-hydrogen) atoms. The lowest BCUT2D eigenvalue weighted by atomic mass is 9.99. The van der Waals surface area contributed by atoms with Crippen LogP contribution in [-0.4, -0.2) is 99.4 Å². The molecule has 2 aliphatic heterocycles. The highest BCUT2D eigenvalue weighted by molar-refractivity contribution is 7.84. The second-order valence-electron chi connectivity index (χ2n) is 8.63. The zero-order valence-electron chi connectivity index (χ0n) is 20.5. The van der Waals surface area contributed by atoms with E-state index in [0.717, 1.165) is 16.5 Å². The molecule has 0 saturated carbocycles. The maximum atomic E-state index is 13.0. The van der Waals surface area contributed by atoms with Crippen molar-refractivity contribution in [3.05, 3.63) is 36.0 Å². The normalized spacial score (nSPS) is 20.0. The van der Waals surface area contributed by atoms with Gasteiger partial charge in [0, 0.05) is 30.1 Å². The Hall–Kier alpha value is -3.16. The molecule has 198 valence electrons. The van der Waals surface area contributed by atoms with Gasteiger partial charge in [-0.1, -0.05) is 39.0 Å². The van der Waals surface area contributed by atoms with E-state index < -0.39 is 46.3 Å². The number of aromatic amines is 1. The number of β-lactam (4-membered cyclic amide) rings is 1. The number of nitrogens with one attached hydrogen (secondary N) is 2. The van der Waals surface area contributed by atoms with Gasteiger partial charge in [-0.25, -0.2) is 9.10 Å². The maximum absolute atomic E-state index is 13.0. The summed E-state index contributed by atoms with van der Waals surface area (Å²) in [5.41, 5.74) is 1.56. The van der Waals surface area contributed by atoms with E-state index in [0.29, 0.717) is 4.31 Å². The molecular formula is C23H33N5O7S. The largest absolute Gasteiger partial charge is 0.465 e. The first-order valence-electron chi connectivity index (χ1n) is 11.9. The number of fused-ring (bicyclic) bond motifs is 2. The predicted molar refractivity (Wildman–Crippen MR) is 133 cm³/mol. The lowest BCUT2D eigenvalue weighted by Crippen LogP contribution is -2.69. The summed E-state index contributed by atoms with van der Waals surface area (Å²) in [5.74, 6) is -1.52. The fourth-order valence-corrected chi connectivity index (χ4v) is 5.70. The van der Waals surface area contributed by atoms with Crippen molar-refractivity contribution in [1.82, 2.24) is 24.4 Å². The molecule has 3 atom stereocenters. The van der Waals surface area contributed by atoms with Crippen LogP contribution in [0.25, 0.3) is 10.9 Å². The maximum Gasteiger partial charge on any atom is 0.405 e. The number of hydrogen-bond donors (Lipinski definition) is 4. The average molecular weight is 524 g/mol. The van der Waals surface area contributed by atoms with E-state index in [2.05, 4.69) is 36.0 Å². The molecule has 1 aromatic carbocycles. The van der Waals surface area contributed by atoms with E-state index in [4.69, 9.17) is 4.55 Å². The highest BCUT2D eigenvalue weighted by Crippen LogP contribution is 2.36. The first-order valence-corrected chi connectivity index (χ1v) is 13.3. The molecule has 12 nitrogen and oxygen atoms in total. The van der Waals surface area contributed by atoms with Gasteiger partial charge in [0.25, 0.3) is 5.91 Å². The Bertz CT molecular complexity index is 1200. The van der Waals surface area contributed by atoms with Crippen molar-refractivity contribution < 1.29 is 32.5 Å². The van der Waals surface area contributed by atoms with Gasteiger partial charge in [-0.05, 0) is 37.7 Å². The molecule has 3 heterocycles. The molecule has 4 rings (SSSR count). The van der Waals surface area contributed by atoms with Crippen LogP contribution in [0.5, 0.6) is 0 Å². The van der Waals surface area contributed by atoms with Crippen molar-refractivity contribution in [2.45, 2.75) is 51.7 Å². The molecule has 0 unspecified atom stereocenters. The molecule has 3 amide bonds. The number of hydrogen-bond acceptors (Lipinski definition) is 6. The third kappa shape index (κ3) is 5.63. The second kappa shape index (κ2) is 11.3. The Morgan fingerprint density at radius 3 is 2.39 bits per heavy atom. The number of carbonyl (C=O) groups is 3. The van der Waals surface area contributed by atoms with Gasteiger partial charge in [-0.15, -0.1) is 0 Å². The van der Waals surface area contributed by atoms with Crippen LogP contribution in [0.4, 0.5) is 4.79 Å². The third-order valence-electron chi connectivity index (χ3n) is 6.71. The Labute approximate surface area is 210 Å². The van der Waals surface area contributed by atoms with Crippen LogP contribution in [0.3, 0.4) is 0 Å². The van der Waals surface area contributed by atoms with Gasteiger partial charge in [-0.3, -0.25) is 14.1 Å². The minimum absolute atomic E-state index is 0.0548. The van der Waals surface area contributed by atoms with Crippen LogP contribution >= 0.6 is 0 Å². The lowest BCUT2D eigenvalue weighted by Gasteiger charge is -2.43. The van der Waals surface area contributed by atoms with Gasteiger partial charge < -0.3 is 25.2 Å². The van der Waals surface area contributed by atoms with Gasteiger partial charge >= 0.3 is 16.4 Å². The van der Waals surface area contributed by atoms with Crippen molar-refractivity contribution in [3.8, 4) is 0 Å². The highest BCUT2D eigenvalue weighted by atomic mass is 32.2. The zero-order chi connectivity index (χ0) is 26.6. The first kappa shape index (κ1) is 27.4. The van der Waals surface area contributed by atoms with Crippen LogP contribution in [-0.2, 0) is 26.3 Å². The summed E-state index contributed by atoms with van der Waals surface area (Å²) >= 11 is 0. The van der Waals surface area contributed by atoms with Crippen LogP contribution in [0.1, 0.15) is 32.8 Å². The third-order valence-corrected chi connectivity index (χ3v) is 7.65. The molecule has 0 spiro atoms. The van der Waals surface area contributed by atoms with Gasteiger partial charge in [0.15, 0.2) is 0 Å².